The van der Waals surface area contributed by atoms with Gasteiger partial charge in [0, 0.05) is 19.2 Å². The Labute approximate surface area is 148 Å². The van der Waals surface area contributed by atoms with E-state index in [0.29, 0.717) is 5.92 Å². The van der Waals surface area contributed by atoms with Crippen molar-refractivity contribution in [2.75, 3.05) is 13.1 Å². The SMILES string of the molecule is CCCNCC(Cc1ccc(Br)cc1)Cc1cc(Br)cs1. The zero-order valence-corrected chi connectivity index (χ0v) is 16.2. The van der Waals surface area contributed by atoms with Gasteiger partial charge in [0.2, 0.25) is 0 Å². The highest BCUT2D eigenvalue weighted by Gasteiger charge is 2.12. The largest absolute Gasteiger partial charge is 0.316 e. The second kappa shape index (κ2) is 9.09. The normalized spacial score (nSPS) is 12.5. The van der Waals surface area contributed by atoms with Crippen molar-refractivity contribution >= 4 is 43.2 Å². The first-order valence-electron chi connectivity index (χ1n) is 7.35. The lowest BCUT2D eigenvalue weighted by Gasteiger charge is -2.17. The fraction of sp³-hybridized carbons (Fsp3) is 0.412. The zero-order chi connectivity index (χ0) is 15.1. The van der Waals surface area contributed by atoms with Gasteiger partial charge in [0.1, 0.15) is 0 Å². The molecule has 1 aromatic heterocycles. The first kappa shape index (κ1) is 17.2. The maximum absolute atomic E-state index is 3.58. The average Bonchev–Trinajstić information content (AvgIpc) is 2.87. The molecule has 0 aliphatic heterocycles. The minimum atomic E-state index is 0.642. The Bertz CT molecular complexity index is 536. The fourth-order valence-corrected chi connectivity index (χ4v) is 4.23. The van der Waals surface area contributed by atoms with Crippen molar-refractivity contribution < 1.29 is 0 Å². The lowest BCUT2D eigenvalue weighted by Crippen LogP contribution is -2.26. The molecule has 1 N–H and O–H groups in total. The van der Waals surface area contributed by atoms with Crippen LogP contribution in [0.1, 0.15) is 23.8 Å². The van der Waals surface area contributed by atoms with Crippen molar-refractivity contribution in [3.05, 3.63) is 55.1 Å². The lowest BCUT2D eigenvalue weighted by molar-refractivity contribution is 0.473. The summed E-state index contributed by atoms with van der Waals surface area (Å²) < 4.78 is 2.35. The van der Waals surface area contributed by atoms with Crippen LogP contribution in [0.15, 0.2) is 44.7 Å². The number of hydrogen-bond donors (Lipinski definition) is 1. The standard InChI is InChI=1S/C17H21Br2NS/c1-2-7-20-11-14(9-17-10-16(19)12-21-17)8-13-3-5-15(18)6-4-13/h3-6,10,12,14,20H,2,7-9,11H2,1H3. The summed E-state index contributed by atoms with van der Waals surface area (Å²) in [6, 6.07) is 11.0. The molecule has 1 unspecified atom stereocenters. The first-order chi connectivity index (χ1) is 10.2. The van der Waals surface area contributed by atoms with Crippen LogP contribution in [0, 0.1) is 5.92 Å². The third-order valence-corrected chi connectivity index (χ3v) is 5.66. The zero-order valence-electron chi connectivity index (χ0n) is 12.2. The van der Waals surface area contributed by atoms with E-state index in [2.05, 4.69) is 79.8 Å². The predicted octanol–water partition coefficient (Wildman–Crippen LogP) is 5.67. The summed E-state index contributed by atoms with van der Waals surface area (Å²) in [6.45, 7) is 4.40. The van der Waals surface area contributed by atoms with Gasteiger partial charge < -0.3 is 5.32 Å². The Balaban J connectivity index is 1.98. The first-order valence-corrected chi connectivity index (χ1v) is 9.82. The maximum atomic E-state index is 3.58. The van der Waals surface area contributed by atoms with E-state index in [9.17, 15) is 0 Å². The van der Waals surface area contributed by atoms with E-state index in [4.69, 9.17) is 0 Å². The van der Waals surface area contributed by atoms with Gasteiger partial charge in [-0.05, 0) is 78.0 Å². The van der Waals surface area contributed by atoms with Crippen molar-refractivity contribution in [1.29, 1.82) is 0 Å². The van der Waals surface area contributed by atoms with Gasteiger partial charge in [0.15, 0.2) is 0 Å². The summed E-state index contributed by atoms with van der Waals surface area (Å²) in [6.07, 6.45) is 3.46. The molecule has 0 saturated carbocycles. The highest BCUT2D eigenvalue weighted by molar-refractivity contribution is 9.10. The van der Waals surface area contributed by atoms with Gasteiger partial charge >= 0.3 is 0 Å². The van der Waals surface area contributed by atoms with Crippen LogP contribution >= 0.6 is 43.2 Å². The summed E-state index contributed by atoms with van der Waals surface area (Å²) >= 11 is 8.90. The maximum Gasteiger partial charge on any atom is 0.0285 e. The van der Waals surface area contributed by atoms with Gasteiger partial charge in [-0.3, -0.25) is 0 Å². The molecule has 2 rings (SSSR count). The molecule has 0 aliphatic rings. The highest BCUT2D eigenvalue weighted by atomic mass is 79.9. The fourth-order valence-electron chi connectivity index (χ4n) is 2.40. The van der Waals surface area contributed by atoms with E-state index in [1.165, 1.54) is 21.3 Å². The van der Waals surface area contributed by atoms with Crippen molar-refractivity contribution in [3.63, 3.8) is 0 Å². The van der Waals surface area contributed by atoms with E-state index in [1.807, 2.05) is 11.3 Å². The molecule has 0 aliphatic carbocycles. The predicted molar refractivity (Wildman–Crippen MR) is 100 cm³/mol. The van der Waals surface area contributed by atoms with Gasteiger partial charge in [-0.15, -0.1) is 11.3 Å². The summed E-state index contributed by atoms with van der Waals surface area (Å²) in [5.41, 5.74) is 1.41. The van der Waals surface area contributed by atoms with E-state index >= 15 is 0 Å². The molecule has 1 heterocycles. The molecule has 1 nitrogen and oxygen atoms in total. The third kappa shape index (κ3) is 6.23. The smallest absolute Gasteiger partial charge is 0.0285 e. The monoisotopic (exact) mass is 429 g/mol. The van der Waals surface area contributed by atoms with Crippen LogP contribution in [0.4, 0.5) is 0 Å². The lowest BCUT2D eigenvalue weighted by atomic mass is 9.95. The Kier molecular flexibility index (Phi) is 7.44. The molecule has 21 heavy (non-hydrogen) atoms. The number of halogens is 2. The molecule has 114 valence electrons. The number of nitrogens with one attached hydrogen (secondary N) is 1. The van der Waals surface area contributed by atoms with Crippen molar-refractivity contribution in [2.24, 2.45) is 5.92 Å². The summed E-state index contributed by atoms with van der Waals surface area (Å²) in [5.74, 6) is 0.642. The van der Waals surface area contributed by atoms with Crippen LogP contribution in [0.3, 0.4) is 0 Å². The summed E-state index contributed by atoms with van der Waals surface area (Å²) in [5, 5.41) is 5.75. The highest BCUT2D eigenvalue weighted by Crippen LogP contribution is 2.24. The Morgan fingerprint density at radius 2 is 1.86 bits per heavy atom. The van der Waals surface area contributed by atoms with Crippen LogP contribution in [0.2, 0.25) is 0 Å². The van der Waals surface area contributed by atoms with Crippen molar-refractivity contribution in [3.8, 4) is 0 Å². The van der Waals surface area contributed by atoms with Crippen LogP contribution in [0.5, 0.6) is 0 Å². The Morgan fingerprint density at radius 1 is 1.10 bits per heavy atom. The molecular weight excluding hydrogens is 410 g/mol. The van der Waals surface area contributed by atoms with E-state index < -0.39 is 0 Å². The third-order valence-electron chi connectivity index (χ3n) is 3.41. The van der Waals surface area contributed by atoms with Gasteiger partial charge in [-0.2, -0.15) is 0 Å². The van der Waals surface area contributed by atoms with Gasteiger partial charge in [0.25, 0.3) is 0 Å². The average molecular weight is 431 g/mol. The molecule has 0 spiro atoms. The van der Waals surface area contributed by atoms with Crippen LogP contribution in [0.25, 0.3) is 0 Å². The quantitative estimate of drug-likeness (QED) is 0.531. The molecule has 0 radical (unpaired) electrons. The number of thiophene rings is 1. The van der Waals surface area contributed by atoms with Crippen LogP contribution < -0.4 is 5.32 Å². The second-order valence-electron chi connectivity index (χ2n) is 5.34. The van der Waals surface area contributed by atoms with E-state index in [0.717, 1.165) is 30.4 Å². The number of benzene rings is 1. The molecule has 0 amide bonds. The van der Waals surface area contributed by atoms with Crippen LogP contribution in [-0.4, -0.2) is 13.1 Å². The Hall–Kier alpha value is -0.160. The van der Waals surface area contributed by atoms with Gasteiger partial charge in [-0.25, -0.2) is 0 Å². The molecule has 4 heteroatoms. The minimum Gasteiger partial charge on any atom is -0.316 e. The van der Waals surface area contributed by atoms with E-state index in [1.54, 1.807) is 0 Å². The van der Waals surface area contributed by atoms with Crippen molar-refractivity contribution in [2.45, 2.75) is 26.2 Å². The minimum absolute atomic E-state index is 0.642. The molecule has 1 atom stereocenters. The topological polar surface area (TPSA) is 12.0 Å². The molecule has 0 fully saturated rings. The molecule has 1 aromatic carbocycles. The summed E-state index contributed by atoms with van der Waals surface area (Å²) in [4.78, 5) is 1.46. The summed E-state index contributed by atoms with van der Waals surface area (Å²) in [7, 11) is 0. The molecular formula is C17H21Br2NS. The van der Waals surface area contributed by atoms with Gasteiger partial charge in [-0.1, -0.05) is 35.0 Å². The Morgan fingerprint density at radius 3 is 2.48 bits per heavy atom. The van der Waals surface area contributed by atoms with E-state index in [-0.39, 0.29) is 0 Å². The van der Waals surface area contributed by atoms with Crippen molar-refractivity contribution in [1.82, 2.24) is 5.32 Å². The number of rotatable bonds is 8. The molecule has 0 saturated heterocycles. The number of hydrogen-bond acceptors (Lipinski definition) is 2. The molecule has 2 aromatic rings. The van der Waals surface area contributed by atoms with Crippen LogP contribution in [-0.2, 0) is 12.8 Å². The van der Waals surface area contributed by atoms with Gasteiger partial charge in [0.05, 0.1) is 0 Å². The second-order valence-corrected chi connectivity index (χ2v) is 8.16. The molecule has 0 bridgehead atoms.